The lowest BCUT2D eigenvalue weighted by molar-refractivity contribution is -0.139. The molecule has 0 N–H and O–H groups in total. The van der Waals surface area contributed by atoms with E-state index in [1.165, 1.54) is 0 Å². The minimum absolute atomic E-state index is 0.335. The van der Waals surface area contributed by atoms with E-state index in [1.54, 1.807) is 6.92 Å². The fourth-order valence-electron chi connectivity index (χ4n) is 4.61. The van der Waals surface area contributed by atoms with Crippen molar-refractivity contribution in [1.29, 1.82) is 0 Å². The van der Waals surface area contributed by atoms with Gasteiger partial charge in [0.05, 0.1) is 42.5 Å². The Morgan fingerprint density at radius 2 is 1.23 bits per heavy atom. The lowest BCUT2D eigenvalue weighted by Crippen LogP contribution is -2.26. The first-order valence-electron chi connectivity index (χ1n) is 13.6. The maximum atomic E-state index is 11.8. The highest BCUT2D eigenvalue weighted by atomic mass is 16.5. The molecule has 11 heteroatoms. The average molecular weight is 548 g/mol. The van der Waals surface area contributed by atoms with Crippen LogP contribution in [0.1, 0.15) is 58.9 Å². The number of esters is 1. The summed E-state index contributed by atoms with van der Waals surface area (Å²) in [6.45, 7) is 17.1. The molecule has 0 atom stereocenters. The molecule has 0 saturated carbocycles. The van der Waals surface area contributed by atoms with Gasteiger partial charge in [0.15, 0.2) is 0 Å². The monoisotopic (exact) mass is 547 g/mol. The summed E-state index contributed by atoms with van der Waals surface area (Å²) < 4.78 is 13.1. The van der Waals surface area contributed by atoms with Crippen molar-refractivity contribution in [1.82, 2.24) is 44.0 Å². The molecule has 40 heavy (non-hydrogen) atoms. The highest BCUT2D eigenvalue weighted by molar-refractivity contribution is 5.86. The van der Waals surface area contributed by atoms with E-state index in [0.29, 0.717) is 44.8 Å². The second-order valence-corrected chi connectivity index (χ2v) is 10.7. The number of ether oxygens (including phenoxy) is 1. The fraction of sp³-hybridized carbons (Fsp3) is 0.483. The van der Waals surface area contributed by atoms with Gasteiger partial charge in [-0.2, -0.15) is 20.4 Å². The van der Waals surface area contributed by atoms with Crippen LogP contribution in [0.3, 0.4) is 0 Å². The molecule has 0 aromatic carbocycles. The molecule has 0 radical (unpaired) electrons. The molecule has 0 aliphatic carbocycles. The summed E-state index contributed by atoms with van der Waals surface area (Å²) in [5.41, 5.74) is 8.73. The Hall–Kier alpha value is -3.99. The Kier molecular flexibility index (Phi) is 9.03. The number of nitrogens with zero attached hydrogens (tertiary/aromatic N) is 9. The third kappa shape index (κ3) is 7.35. The van der Waals surface area contributed by atoms with Crippen LogP contribution in [0, 0.1) is 27.7 Å². The molecule has 0 unspecified atom stereocenters. The molecule has 0 spiro atoms. The highest BCUT2D eigenvalue weighted by Crippen LogP contribution is 2.15. The summed E-state index contributed by atoms with van der Waals surface area (Å²) in [4.78, 5) is 14.1. The maximum absolute atomic E-state index is 11.8. The van der Waals surface area contributed by atoms with Crippen LogP contribution in [-0.2, 0) is 49.8 Å². The van der Waals surface area contributed by atoms with Crippen LogP contribution in [0.25, 0.3) is 0 Å². The van der Waals surface area contributed by atoms with E-state index >= 15 is 0 Å². The molecule has 4 heterocycles. The van der Waals surface area contributed by atoms with Crippen molar-refractivity contribution in [2.45, 2.75) is 67.2 Å². The van der Waals surface area contributed by atoms with Crippen molar-refractivity contribution in [2.24, 2.45) is 14.1 Å². The van der Waals surface area contributed by atoms with Crippen molar-refractivity contribution in [2.75, 3.05) is 13.2 Å². The molecule has 11 nitrogen and oxygen atoms in total. The predicted molar refractivity (Wildman–Crippen MR) is 153 cm³/mol. The lowest BCUT2D eigenvalue weighted by atomic mass is 10.2. The highest BCUT2D eigenvalue weighted by Gasteiger charge is 2.16. The van der Waals surface area contributed by atoms with E-state index in [0.717, 1.165) is 52.1 Å². The second kappa shape index (κ2) is 12.5. The number of aromatic nitrogens is 8. The normalized spacial score (nSPS) is 11.5. The minimum Gasteiger partial charge on any atom is -0.462 e. The third-order valence-corrected chi connectivity index (χ3v) is 6.99. The van der Waals surface area contributed by atoms with Gasteiger partial charge in [-0.3, -0.25) is 23.6 Å². The summed E-state index contributed by atoms with van der Waals surface area (Å²) >= 11 is 0. The van der Waals surface area contributed by atoms with Crippen LogP contribution in [0.15, 0.2) is 36.4 Å². The summed E-state index contributed by atoms with van der Waals surface area (Å²) in [7, 11) is 3.90. The first-order chi connectivity index (χ1) is 19.0. The van der Waals surface area contributed by atoms with Gasteiger partial charge in [-0.1, -0.05) is 6.58 Å². The predicted octanol–water partition coefficient (Wildman–Crippen LogP) is 3.39. The maximum Gasteiger partial charge on any atom is 0.333 e. The van der Waals surface area contributed by atoms with Gasteiger partial charge in [0.25, 0.3) is 0 Å². The van der Waals surface area contributed by atoms with Crippen molar-refractivity contribution >= 4 is 5.97 Å². The van der Waals surface area contributed by atoms with Crippen molar-refractivity contribution in [3.63, 3.8) is 0 Å². The fourth-order valence-corrected chi connectivity index (χ4v) is 4.61. The number of carbonyl (C=O) groups excluding carboxylic acids is 1. The Morgan fingerprint density at radius 3 is 1.62 bits per heavy atom. The molecule has 0 bridgehead atoms. The quantitative estimate of drug-likeness (QED) is 0.144. The lowest BCUT2D eigenvalue weighted by Gasteiger charge is -2.20. The van der Waals surface area contributed by atoms with Gasteiger partial charge in [0.1, 0.15) is 0 Å². The molecule has 4 rings (SSSR count). The van der Waals surface area contributed by atoms with E-state index in [4.69, 9.17) is 14.9 Å². The largest absolute Gasteiger partial charge is 0.462 e. The molecular formula is C29H41N9O2. The Balaban J connectivity index is 1.46. The Morgan fingerprint density at radius 1 is 0.775 bits per heavy atom. The number of rotatable bonds is 13. The van der Waals surface area contributed by atoms with Gasteiger partial charge < -0.3 is 4.74 Å². The number of hydrogen-bond donors (Lipinski definition) is 0. The molecule has 0 amide bonds. The van der Waals surface area contributed by atoms with E-state index < -0.39 is 0 Å². The molecule has 0 saturated heterocycles. The molecule has 0 aliphatic heterocycles. The topological polar surface area (TPSA) is 101 Å². The molecule has 0 aliphatic rings. The summed E-state index contributed by atoms with van der Waals surface area (Å²) in [5.74, 6) is -0.357. The first-order valence-corrected chi connectivity index (χ1v) is 13.6. The van der Waals surface area contributed by atoms with Gasteiger partial charge >= 0.3 is 5.97 Å². The van der Waals surface area contributed by atoms with Crippen molar-refractivity contribution in [3.05, 3.63) is 82.0 Å². The second-order valence-electron chi connectivity index (χ2n) is 10.7. The van der Waals surface area contributed by atoms with E-state index in [9.17, 15) is 4.79 Å². The van der Waals surface area contributed by atoms with Crippen LogP contribution in [0.2, 0.25) is 0 Å². The Bertz CT molecular complexity index is 1350. The van der Waals surface area contributed by atoms with Gasteiger partial charge in [-0.25, -0.2) is 4.79 Å². The van der Waals surface area contributed by atoms with Gasteiger partial charge in [0, 0.05) is 62.1 Å². The van der Waals surface area contributed by atoms with Crippen LogP contribution in [0.4, 0.5) is 0 Å². The molecule has 4 aromatic rings. The standard InChI is InChI=1S/C29H41N9O2/c1-20(2)29(39)40-11-9-10-36(16-25-14-23(5)37(32-25)18-27-12-21(3)34(7)30-27)17-26-15-24(6)38(33-26)19-28-13-22(4)35(8)31-28/h12-15H,1,9-11,16-19H2,2-8H3. The van der Waals surface area contributed by atoms with E-state index in [2.05, 4.69) is 59.8 Å². The molecular weight excluding hydrogens is 506 g/mol. The van der Waals surface area contributed by atoms with Gasteiger partial charge in [0.2, 0.25) is 0 Å². The summed E-state index contributed by atoms with van der Waals surface area (Å²) in [6.07, 6.45) is 0.693. The van der Waals surface area contributed by atoms with Gasteiger partial charge in [-0.05, 0) is 65.3 Å². The van der Waals surface area contributed by atoms with E-state index in [-0.39, 0.29) is 5.97 Å². The Labute approximate surface area is 236 Å². The summed E-state index contributed by atoms with van der Waals surface area (Å²) in [6, 6.07) is 8.42. The number of hydrogen-bond acceptors (Lipinski definition) is 7. The zero-order valence-corrected chi connectivity index (χ0v) is 24.8. The van der Waals surface area contributed by atoms with Crippen LogP contribution in [0.5, 0.6) is 0 Å². The van der Waals surface area contributed by atoms with Gasteiger partial charge in [-0.15, -0.1) is 0 Å². The van der Waals surface area contributed by atoms with E-state index in [1.807, 2.05) is 46.7 Å². The SMILES string of the molecule is C=C(C)C(=O)OCCCN(Cc1cc(C)n(Cc2cc(C)n(C)n2)n1)Cc1cc(C)n(Cc2cc(C)n(C)n2)n1. The zero-order valence-electron chi connectivity index (χ0n) is 24.8. The minimum atomic E-state index is -0.357. The number of carbonyl (C=O) groups is 1. The summed E-state index contributed by atoms with van der Waals surface area (Å²) in [5, 5.41) is 18.9. The van der Waals surface area contributed by atoms with Crippen LogP contribution < -0.4 is 0 Å². The average Bonchev–Trinajstić information content (AvgIpc) is 3.59. The zero-order chi connectivity index (χ0) is 29.0. The molecule has 0 fully saturated rings. The number of aryl methyl sites for hydroxylation is 6. The third-order valence-electron chi connectivity index (χ3n) is 6.99. The van der Waals surface area contributed by atoms with Crippen LogP contribution >= 0.6 is 0 Å². The molecule has 214 valence electrons. The van der Waals surface area contributed by atoms with Crippen molar-refractivity contribution in [3.8, 4) is 0 Å². The van der Waals surface area contributed by atoms with Crippen LogP contribution in [-0.4, -0.2) is 63.1 Å². The smallest absolute Gasteiger partial charge is 0.333 e. The van der Waals surface area contributed by atoms with Crippen molar-refractivity contribution < 1.29 is 9.53 Å². The molecule has 4 aromatic heterocycles. The first kappa shape index (κ1) is 29.0.